The summed E-state index contributed by atoms with van der Waals surface area (Å²) in [7, 11) is 1.89. The van der Waals surface area contributed by atoms with Crippen molar-refractivity contribution in [3.63, 3.8) is 0 Å². The second-order valence-corrected chi connectivity index (χ2v) is 7.31. The van der Waals surface area contributed by atoms with Crippen LogP contribution in [-0.2, 0) is 13.6 Å². The molecule has 1 saturated heterocycles. The normalized spacial score (nSPS) is 17.6. The van der Waals surface area contributed by atoms with Crippen LogP contribution >= 0.6 is 0 Å². The number of nitrogens with one attached hydrogen (secondary N) is 2. The molecule has 28 heavy (non-hydrogen) atoms. The van der Waals surface area contributed by atoms with E-state index in [1.807, 2.05) is 37.4 Å². The zero-order valence-electron chi connectivity index (χ0n) is 15.9. The Bertz CT molecular complexity index is 986. The van der Waals surface area contributed by atoms with E-state index in [1.54, 1.807) is 16.9 Å². The van der Waals surface area contributed by atoms with Gasteiger partial charge in [0.1, 0.15) is 5.82 Å². The van der Waals surface area contributed by atoms with Crippen LogP contribution in [0.4, 0.5) is 14.9 Å². The van der Waals surface area contributed by atoms with Gasteiger partial charge in [0.05, 0.1) is 11.7 Å². The molecular weight excluding hydrogens is 357 g/mol. The number of amides is 2. The highest BCUT2D eigenvalue weighted by atomic mass is 19.1. The first-order valence-electron chi connectivity index (χ1n) is 9.53. The van der Waals surface area contributed by atoms with Gasteiger partial charge in [0, 0.05) is 42.8 Å². The SMILES string of the molecule is Cn1ncc2cc(NC(=O)NC3CCCN(Cc4ccccc4F)C3)ccc21. The fourth-order valence-electron chi connectivity index (χ4n) is 3.78. The molecule has 2 N–H and O–H groups in total. The minimum Gasteiger partial charge on any atom is -0.334 e. The molecule has 0 saturated carbocycles. The summed E-state index contributed by atoms with van der Waals surface area (Å²) in [5.41, 5.74) is 2.44. The van der Waals surface area contributed by atoms with Gasteiger partial charge in [-0.05, 0) is 43.7 Å². The molecular formula is C21H24FN5O. The lowest BCUT2D eigenvalue weighted by atomic mass is 10.0. The van der Waals surface area contributed by atoms with Crippen molar-refractivity contribution in [3.05, 3.63) is 60.0 Å². The molecule has 3 aromatic rings. The molecule has 2 aromatic carbocycles. The Morgan fingerprint density at radius 3 is 3.00 bits per heavy atom. The Morgan fingerprint density at radius 1 is 1.29 bits per heavy atom. The molecule has 0 aliphatic carbocycles. The minimum atomic E-state index is -0.221. The molecule has 1 unspecified atom stereocenters. The first-order chi connectivity index (χ1) is 13.6. The van der Waals surface area contributed by atoms with Crippen molar-refractivity contribution in [2.24, 2.45) is 7.05 Å². The number of fused-ring (bicyclic) bond motifs is 1. The summed E-state index contributed by atoms with van der Waals surface area (Å²) >= 11 is 0. The summed E-state index contributed by atoms with van der Waals surface area (Å²) in [5, 5.41) is 11.1. The van der Waals surface area contributed by atoms with Crippen molar-refractivity contribution in [2.45, 2.75) is 25.4 Å². The average molecular weight is 381 g/mol. The van der Waals surface area contributed by atoms with E-state index in [1.165, 1.54) is 6.07 Å². The number of hydrogen-bond donors (Lipinski definition) is 2. The van der Waals surface area contributed by atoms with Crippen LogP contribution in [0.5, 0.6) is 0 Å². The number of anilines is 1. The number of urea groups is 1. The molecule has 2 heterocycles. The zero-order valence-corrected chi connectivity index (χ0v) is 15.9. The monoisotopic (exact) mass is 381 g/mol. The molecule has 1 aromatic heterocycles. The van der Waals surface area contributed by atoms with Crippen molar-refractivity contribution >= 4 is 22.6 Å². The number of nitrogens with zero attached hydrogens (tertiary/aromatic N) is 3. The van der Waals surface area contributed by atoms with E-state index in [-0.39, 0.29) is 17.9 Å². The van der Waals surface area contributed by atoms with Crippen LogP contribution in [-0.4, -0.2) is 39.8 Å². The lowest BCUT2D eigenvalue weighted by Crippen LogP contribution is -2.48. The third-order valence-corrected chi connectivity index (χ3v) is 5.20. The highest BCUT2D eigenvalue weighted by Crippen LogP contribution is 2.19. The maximum Gasteiger partial charge on any atom is 0.319 e. The van der Waals surface area contributed by atoms with Gasteiger partial charge in [-0.1, -0.05) is 18.2 Å². The molecule has 0 bridgehead atoms. The van der Waals surface area contributed by atoms with E-state index < -0.39 is 0 Å². The summed E-state index contributed by atoms with van der Waals surface area (Å²) in [5.74, 6) is -0.180. The molecule has 1 aliphatic rings. The first kappa shape index (κ1) is 18.4. The van der Waals surface area contributed by atoms with Gasteiger partial charge in [-0.3, -0.25) is 9.58 Å². The summed E-state index contributed by atoms with van der Waals surface area (Å²) in [6.07, 6.45) is 3.67. The van der Waals surface area contributed by atoms with Crippen LogP contribution in [0.2, 0.25) is 0 Å². The quantitative estimate of drug-likeness (QED) is 0.727. The molecule has 6 nitrogen and oxygen atoms in total. The molecule has 1 fully saturated rings. The number of benzene rings is 2. The highest BCUT2D eigenvalue weighted by Gasteiger charge is 2.22. The van der Waals surface area contributed by atoms with Gasteiger partial charge in [-0.15, -0.1) is 0 Å². The van der Waals surface area contributed by atoms with Crippen molar-refractivity contribution in [1.29, 1.82) is 0 Å². The molecule has 0 radical (unpaired) electrons. The van der Waals surface area contributed by atoms with Gasteiger partial charge in [0.25, 0.3) is 0 Å². The number of aromatic nitrogens is 2. The maximum atomic E-state index is 13.9. The minimum absolute atomic E-state index is 0.0441. The molecule has 1 atom stereocenters. The van der Waals surface area contributed by atoms with E-state index in [2.05, 4.69) is 20.6 Å². The maximum absolute atomic E-state index is 13.9. The number of halogens is 1. The van der Waals surface area contributed by atoms with Gasteiger partial charge in [-0.25, -0.2) is 9.18 Å². The molecule has 2 amide bonds. The molecule has 1 aliphatic heterocycles. The Labute approximate surface area is 163 Å². The summed E-state index contributed by atoms with van der Waals surface area (Å²) in [6.45, 7) is 2.18. The van der Waals surface area contributed by atoms with Gasteiger partial charge < -0.3 is 10.6 Å². The first-order valence-corrected chi connectivity index (χ1v) is 9.53. The number of aryl methyl sites for hydroxylation is 1. The third-order valence-electron chi connectivity index (χ3n) is 5.20. The van der Waals surface area contributed by atoms with Crippen LogP contribution in [0.3, 0.4) is 0 Å². The van der Waals surface area contributed by atoms with Crippen molar-refractivity contribution in [3.8, 4) is 0 Å². The number of carbonyl (C=O) groups is 1. The van der Waals surface area contributed by atoms with E-state index in [0.29, 0.717) is 18.7 Å². The third kappa shape index (κ3) is 4.14. The predicted molar refractivity (Wildman–Crippen MR) is 108 cm³/mol. The van der Waals surface area contributed by atoms with Crippen LogP contribution in [0.15, 0.2) is 48.7 Å². The van der Waals surface area contributed by atoms with E-state index in [4.69, 9.17) is 0 Å². The molecule has 0 spiro atoms. The highest BCUT2D eigenvalue weighted by molar-refractivity contribution is 5.92. The zero-order chi connectivity index (χ0) is 19.5. The Kier molecular flexibility index (Phi) is 5.25. The number of rotatable bonds is 4. The van der Waals surface area contributed by atoms with Crippen LogP contribution in [0.25, 0.3) is 10.9 Å². The van der Waals surface area contributed by atoms with Gasteiger partial charge in [0.15, 0.2) is 0 Å². The molecule has 4 rings (SSSR count). The van der Waals surface area contributed by atoms with Gasteiger partial charge >= 0.3 is 6.03 Å². The Morgan fingerprint density at radius 2 is 2.14 bits per heavy atom. The van der Waals surface area contributed by atoms with Crippen LogP contribution in [0.1, 0.15) is 18.4 Å². The molecule has 146 valence electrons. The fraction of sp³-hybridized carbons (Fsp3) is 0.333. The number of piperidine rings is 1. The van der Waals surface area contributed by atoms with Gasteiger partial charge in [-0.2, -0.15) is 5.10 Å². The number of likely N-dealkylation sites (tertiary alicyclic amines) is 1. The number of hydrogen-bond acceptors (Lipinski definition) is 3. The van der Waals surface area contributed by atoms with Crippen molar-refractivity contribution in [2.75, 3.05) is 18.4 Å². The smallest absolute Gasteiger partial charge is 0.319 e. The summed E-state index contributed by atoms with van der Waals surface area (Å²) < 4.78 is 15.7. The summed E-state index contributed by atoms with van der Waals surface area (Å²) in [6, 6.07) is 12.4. The van der Waals surface area contributed by atoms with Gasteiger partial charge in [0.2, 0.25) is 0 Å². The van der Waals surface area contributed by atoms with E-state index in [9.17, 15) is 9.18 Å². The topological polar surface area (TPSA) is 62.2 Å². The number of carbonyl (C=O) groups excluding carboxylic acids is 1. The second-order valence-electron chi connectivity index (χ2n) is 7.31. The lowest BCUT2D eigenvalue weighted by molar-refractivity contribution is 0.182. The second kappa shape index (κ2) is 7.98. The standard InChI is InChI=1S/C21H24FN5O/c1-26-20-9-8-17(11-16(20)12-23-26)24-21(28)25-18-6-4-10-27(14-18)13-15-5-2-3-7-19(15)22/h2-3,5,7-9,11-12,18H,4,6,10,13-14H2,1H3,(H2,24,25,28). The Hall–Kier alpha value is -2.93. The van der Waals surface area contributed by atoms with E-state index >= 15 is 0 Å². The van der Waals surface area contributed by atoms with Crippen molar-refractivity contribution in [1.82, 2.24) is 20.0 Å². The molecule has 7 heteroatoms. The average Bonchev–Trinajstić information content (AvgIpc) is 3.04. The van der Waals surface area contributed by atoms with Crippen molar-refractivity contribution < 1.29 is 9.18 Å². The van der Waals surface area contributed by atoms with E-state index in [0.717, 1.165) is 36.0 Å². The Balaban J connectivity index is 1.33. The lowest BCUT2D eigenvalue weighted by Gasteiger charge is -2.33. The fourth-order valence-corrected chi connectivity index (χ4v) is 3.78. The van der Waals surface area contributed by atoms with Crippen LogP contribution in [0, 0.1) is 5.82 Å². The predicted octanol–water partition coefficient (Wildman–Crippen LogP) is 3.50. The largest absolute Gasteiger partial charge is 0.334 e. The summed E-state index contributed by atoms with van der Waals surface area (Å²) in [4.78, 5) is 14.6. The van der Waals surface area contributed by atoms with Crippen LogP contribution < -0.4 is 10.6 Å².